The van der Waals surface area contributed by atoms with Crippen LogP contribution in [0, 0.1) is 17.6 Å². The molecule has 3 rings (SSSR count). The highest BCUT2D eigenvalue weighted by Crippen LogP contribution is 2.55. The molecule has 0 aliphatic carbocycles. The average molecular weight is 523 g/mol. The lowest BCUT2D eigenvalue weighted by Gasteiger charge is -2.32. The van der Waals surface area contributed by atoms with Crippen LogP contribution in [0.15, 0.2) is 35.5 Å². The maximum Gasteiger partial charge on any atom is 0.417 e. The van der Waals surface area contributed by atoms with E-state index < -0.39 is 63.0 Å². The number of rotatable bonds is 6. The minimum Gasteiger partial charge on any atom is -0.493 e. The molecule has 0 radical (unpaired) electrons. The molecule has 1 amide bonds. The van der Waals surface area contributed by atoms with Crippen LogP contribution >= 0.6 is 0 Å². The zero-order chi connectivity index (χ0) is 26.3. The van der Waals surface area contributed by atoms with E-state index in [0.717, 1.165) is 38.4 Å². The normalized spacial score (nSPS) is 24.9. The molecule has 0 unspecified atom stereocenters. The summed E-state index contributed by atoms with van der Waals surface area (Å²) in [6.07, 6.45) is -5.71. The molecule has 4 atom stereocenters. The number of nitrogens with zero attached hydrogens (tertiary/aromatic N) is 1. The molecule has 1 aliphatic rings. The van der Waals surface area contributed by atoms with Crippen molar-refractivity contribution in [2.45, 2.75) is 42.7 Å². The molecule has 14 heteroatoms. The van der Waals surface area contributed by atoms with Crippen LogP contribution < -0.4 is 14.8 Å². The second-order valence-electron chi connectivity index (χ2n) is 8.02. The van der Waals surface area contributed by atoms with Crippen LogP contribution in [0.2, 0.25) is 0 Å². The number of benzene rings is 1. The van der Waals surface area contributed by atoms with Crippen LogP contribution in [-0.2, 0) is 19.6 Å². The van der Waals surface area contributed by atoms with Crippen LogP contribution in [0.1, 0.15) is 25.3 Å². The Morgan fingerprint density at radius 1 is 1.20 bits per heavy atom. The number of nitrogens with one attached hydrogen (secondary N) is 2. The third-order valence-electron chi connectivity index (χ3n) is 6.12. The fourth-order valence-electron chi connectivity index (χ4n) is 3.97. The summed E-state index contributed by atoms with van der Waals surface area (Å²) >= 11 is 0. The van der Waals surface area contributed by atoms with E-state index >= 15 is 0 Å². The third kappa shape index (κ3) is 4.69. The molecule has 192 valence electrons. The summed E-state index contributed by atoms with van der Waals surface area (Å²) in [5, 5.41) is 1.99. The predicted molar refractivity (Wildman–Crippen MR) is 113 cm³/mol. The van der Waals surface area contributed by atoms with Gasteiger partial charge in [-0.05, 0) is 32.2 Å². The number of carbonyl (C=O) groups is 1. The maximum absolute atomic E-state index is 14.4. The number of halogens is 5. The predicted octanol–water partition coefficient (Wildman–Crippen LogP) is 3.35. The van der Waals surface area contributed by atoms with Crippen molar-refractivity contribution in [3.63, 3.8) is 0 Å². The molecule has 0 saturated carbocycles. The molecule has 1 fully saturated rings. The van der Waals surface area contributed by atoms with Gasteiger partial charge >= 0.3 is 6.18 Å². The number of anilines is 1. The number of methoxy groups -OCH3 is 1. The van der Waals surface area contributed by atoms with Gasteiger partial charge in [0.2, 0.25) is 5.82 Å². The molecule has 1 saturated heterocycles. The molecular formula is C21H22F5N3O5S. The van der Waals surface area contributed by atoms with E-state index in [2.05, 4.69) is 15.0 Å². The van der Waals surface area contributed by atoms with Crippen LogP contribution in [0.25, 0.3) is 0 Å². The summed E-state index contributed by atoms with van der Waals surface area (Å²) in [5.41, 5.74) is -3.02. The molecule has 0 bridgehead atoms. The smallest absolute Gasteiger partial charge is 0.417 e. The van der Waals surface area contributed by atoms with Crippen molar-refractivity contribution in [2.75, 3.05) is 19.5 Å². The Morgan fingerprint density at radius 3 is 2.37 bits per heavy atom. The topological polar surface area (TPSA) is 107 Å². The summed E-state index contributed by atoms with van der Waals surface area (Å²) < 4.78 is 106. The number of carbonyl (C=O) groups excluding carboxylic acids is 1. The number of alkyl halides is 3. The van der Waals surface area contributed by atoms with Gasteiger partial charge in [0.05, 0.1) is 19.0 Å². The first-order chi connectivity index (χ1) is 16.2. The summed E-state index contributed by atoms with van der Waals surface area (Å²) in [4.78, 5) is 16.8. The lowest BCUT2D eigenvalue weighted by molar-refractivity contribution is -0.272. The van der Waals surface area contributed by atoms with Crippen molar-refractivity contribution in [1.82, 2.24) is 9.71 Å². The van der Waals surface area contributed by atoms with Crippen LogP contribution in [0.4, 0.5) is 27.6 Å². The first kappa shape index (κ1) is 26.8. The quantitative estimate of drug-likeness (QED) is 0.563. The number of hydrogen-bond acceptors (Lipinski definition) is 6. The van der Waals surface area contributed by atoms with Crippen molar-refractivity contribution in [3.05, 3.63) is 47.7 Å². The molecule has 35 heavy (non-hydrogen) atoms. The van der Waals surface area contributed by atoms with Gasteiger partial charge in [-0.2, -0.15) is 17.6 Å². The van der Waals surface area contributed by atoms with Crippen molar-refractivity contribution in [2.24, 2.45) is 5.92 Å². The summed E-state index contributed by atoms with van der Waals surface area (Å²) in [5.74, 6) is -7.17. The first-order valence-electron chi connectivity index (χ1n) is 10.1. The number of ether oxygens (including phenoxy) is 2. The number of amides is 1. The van der Waals surface area contributed by atoms with Crippen molar-refractivity contribution in [3.8, 4) is 5.75 Å². The lowest BCUT2D eigenvalue weighted by Crippen LogP contribution is -2.47. The molecule has 2 aromatic rings. The third-order valence-corrected chi connectivity index (χ3v) is 7.45. The largest absolute Gasteiger partial charge is 0.493 e. The highest BCUT2D eigenvalue weighted by atomic mass is 32.2. The number of sulfonamides is 1. The van der Waals surface area contributed by atoms with Gasteiger partial charge < -0.3 is 14.8 Å². The highest BCUT2D eigenvalue weighted by molar-refractivity contribution is 7.89. The summed E-state index contributed by atoms with van der Waals surface area (Å²) in [7, 11) is -1.67. The van der Waals surface area contributed by atoms with Gasteiger partial charge in [-0.15, -0.1) is 0 Å². The SMILES string of the molecule is CNS(=O)(=O)c1ccc(NC(=O)[C@@H]2O[C@@](C)(C(F)(F)F)[C@@H](C)[C@H]2c2ccc(F)c(F)c2OC)cn1. The second-order valence-corrected chi connectivity index (χ2v) is 9.86. The molecular weight excluding hydrogens is 501 g/mol. The van der Waals surface area contributed by atoms with Crippen LogP contribution in [0.5, 0.6) is 5.75 Å². The zero-order valence-electron chi connectivity index (χ0n) is 18.9. The molecule has 2 N–H and O–H groups in total. The van der Waals surface area contributed by atoms with E-state index in [0.29, 0.717) is 0 Å². The van der Waals surface area contributed by atoms with Gasteiger partial charge in [-0.1, -0.05) is 13.0 Å². The van der Waals surface area contributed by atoms with Gasteiger partial charge in [0, 0.05) is 17.4 Å². The second kappa shape index (κ2) is 9.32. The van der Waals surface area contributed by atoms with Gasteiger partial charge in [-0.25, -0.2) is 22.5 Å². The van der Waals surface area contributed by atoms with E-state index in [1.165, 1.54) is 20.0 Å². The molecule has 1 aliphatic heterocycles. The van der Waals surface area contributed by atoms with Gasteiger partial charge in [0.15, 0.2) is 22.2 Å². The maximum atomic E-state index is 14.4. The molecule has 1 aromatic heterocycles. The van der Waals surface area contributed by atoms with E-state index in [1.54, 1.807) is 0 Å². The monoisotopic (exact) mass is 523 g/mol. The van der Waals surface area contributed by atoms with E-state index in [-0.39, 0.29) is 16.3 Å². The Balaban J connectivity index is 2.02. The van der Waals surface area contributed by atoms with Gasteiger partial charge in [0.1, 0.15) is 6.10 Å². The zero-order valence-corrected chi connectivity index (χ0v) is 19.7. The standard InChI is InChI=1S/C21H22F5N3O5S/c1-10-15(12-6-7-13(22)16(23)17(12)33-4)18(34-20(10,2)21(24,25)26)19(30)29-11-5-8-14(28-9-11)35(31,32)27-3/h5-10,15,18,27H,1-4H3,(H,29,30)/t10-,15-,18+,20+/m0/s1. The van der Waals surface area contributed by atoms with Gasteiger partial charge in [0.25, 0.3) is 15.9 Å². The van der Waals surface area contributed by atoms with Crippen molar-refractivity contribution < 1.29 is 44.6 Å². The fraction of sp³-hybridized carbons (Fsp3) is 0.429. The lowest BCUT2D eigenvalue weighted by atomic mass is 9.77. The molecule has 1 aromatic carbocycles. The van der Waals surface area contributed by atoms with Gasteiger partial charge in [-0.3, -0.25) is 4.79 Å². The summed E-state index contributed by atoms with van der Waals surface area (Å²) in [6, 6.07) is 4.03. The van der Waals surface area contributed by atoms with E-state index in [9.17, 15) is 35.2 Å². The Bertz CT molecular complexity index is 1220. The fourth-order valence-corrected chi connectivity index (χ4v) is 4.62. The Morgan fingerprint density at radius 2 is 1.86 bits per heavy atom. The molecule has 8 nitrogen and oxygen atoms in total. The highest BCUT2D eigenvalue weighted by Gasteiger charge is 2.65. The van der Waals surface area contributed by atoms with Crippen LogP contribution in [-0.4, -0.2) is 51.3 Å². The number of hydrogen-bond donors (Lipinski definition) is 2. The Kier molecular flexibility index (Phi) is 7.12. The molecule has 0 spiro atoms. The number of pyridine rings is 1. The Labute approximate surface area is 197 Å². The first-order valence-corrected chi connectivity index (χ1v) is 11.6. The minimum absolute atomic E-state index is 0.0297. The Hall–Kier alpha value is -2.84. The van der Waals surface area contributed by atoms with Crippen LogP contribution in [0.3, 0.4) is 0 Å². The average Bonchev–Trinajstić information content (AvgIpc) is 3.08. The summed E-state index contributed by atoms with van der Waals surface area (Å²) in [6.45, 7) is 1.95. The van der Waals surface area contributed by atoms with E-state index in [1.807, 2.05) is 0 Å². The van der Waals surface area contributed by atoms with E-state index in [4.69, 9.17) is 9.47 Å². The number of aromatic nitrogens is 1. The van der Waals surface area contributed by atoms with Crippen molar-refractivity contribution in [1.29, 1.82) is 0 Å². The molecule has 2 heterocycles. The van der Waals surface area contributed by atoms with Crippen molar-refractivity contribution >= 4 is 21.6 Å². The minimum atomic E-state index is -4.91.